The number of esters is 1. The predicted molar refractivity (Wildman–Crippen MR) is 124 cm³/mol. The number of hydrogen-bond acceptors (Lipinski definition) is 3. The van der Waals surface area contributed by atoms with E-state index < -0.39 is 0 Å². The molecule has 3 aromatic carbocycles. The van der Waals surface area contributed by atoms with Crippen LogP contribution in [0.2, 0.25) is 0 Å². The summed E-state index contributed by atoms with van der Waals surface area (Å²) in [6, 6.07) is 25.8. The lowest BCUT2D eigenvalue weighted by molar-refractivity contribution is -0.137. The van der Waals surface area contributed by atoms with Gasteiger partial charge in [-0.3, -0.25) is 0 Å². The molecule has 31 heavy (non-hydrogen) atoms. The van der Waals surface area contributed by atoms with Gasteiger partial charge < -0.3 is 9.47 Å². The average molecular weight is 413 g/mol. The van der Waals surface area contributed by atoms with Gasteiger partial charge in [0.25, 0.3) is 0 Å². The van der Waals surface area contributed by atoms with Gasteiger partial charge in [-0.15, -0.1) is 0 Å². The van der Waals surface area contributed by atoms with Crippen molar-refractivity contribution in [3.63, 3.8) is 0 Å². The number of fused-ring (bicyclic) bond motifs is 1. The number of methoxy groups -OCH3 is 1. The van der Waals surface area contributed by atoms with E-state index in [4.69, 9.17) is 9.47 Å². The normalized spacial score (nSPS) is 17.9. The van der Waals surface area contributed by atoms with Crippen LogP contribution in [0.3, 0.4) is 0 Å². The van der Waals surface area contributed by atoms with Crippen molar-refractivity contribution in [1.82, 2.24) is 0 Å². The molecule has 2 unspecified atom stereocenters. The van der Waals surface area contributed by atoms with Crippen LogP contribution in [-0.4, -0.2) is 19.7 Å². The molecule has 0 aromatic heterocycles. The van der Waals surface area contributed by atoms with Crippen LogP contribution in [0, 0.1) is 0 Å². The van der Waals surface area contributed by atoms with Crippen molar-refractivity contribution in [3.8, 4) is 5.75 Å². The minimum atomic E-state index is -0.314. The Balaban J connectivity index is 1.69. The summed E-state index contributed by atoms with van der Waals surface area (Å²) in [5.41, 5.74) is 6.38. The summed E-state index contributed by atoms with van der Waals surface area (Å²) in [7, 11) is 1.72. The van der Waals surface area contributed by atoms with Gasteiger partial charge in [-0.05, 0) is 71.7 Å². The zero-order valence-corrected chi connectivity index (χ0v) is 18.1. The third-order valence-corrected chi connectivity index (χ3v) is 6.03. The van der Waals surface area contributed by atoms with Gasteiger partial charge in [0, 0.05) is 12.0 Å². The third kappa shape index (κ3) is 4.72. The molecule has 1 aliphatic carbocycles. The highest BCUT2D eigenvalue weighted by Crippen LogP contribution is 2.46. The second-order valence-corrected chi connectivity index (χ2v) is 7.85. The summed E-state index contributed by atoms with van der Waals surface area (Å²) in [5.74, 6) is 1.30. The molecule has 0 heterocycles. The van der Waals surface area contributed by atoms with Crippen LogP contribution in [-0.2, 0) is 16.0 Å². The predicted octanol–water partition coefficient (Wildman–Crippen LogP) is 6.13. The van der Waals surface area contributed by atoms with Crippen molar-refractivity contribution in [2.45, 2.75) is 31.6 Å². The zero-order valence-electron chi connectivity index (χ0n) is 18.1. The molecule has 0 fully saturated rings. The highest BCUT2D eigenvalue weighted by Gasteiger charge is 2.32. The summed E-state index contributed by atoms with van der Waals surface area (Å²) in [4.78, 5) is 11.6. The molecule has 3 nitrogen and oxygen atoms in total. The number of benzene rings is 3. The van der Waals surface area contributed by atoms with Gasteiger partial charge in [0.2, 0.25) is 0 Å². The van der Waals surface area contributed by atoms with E-state index in [9.17, 15) is 4.79 Å². The molecular formula is C28H28O3. The molecule has 0 saturated carbocycles. The van der Waals surface area contributed by atoms with Crippen LogP contribution in [0.5, 0.6) is 5.75 Å². The fourth-order valence-corrected chi connectivity index (χ4v) is 4.56. The summed E-state index contributed by atoms with van der Waals surface area (Å²) < 4.78 is 10.4. The molecule has 158 valence electrons. The zero-order chi connectivity index (χ0) is 21.6. The van der Waals surface area contributed by atoms with Crippen molar-refractivity contribution in [1.29, 1.82) is 0 Å². The summed E-state index contributed by atoms with van der Waals surface area (Å²) >= 11 is 0. The van der Waals surface area contributed by atoms with Crippen molar-refractivity contribution < 1.29 is 14.3 Å². The molecule has 0 aliphatic heterocycles. The van der Waals surface area contributed by atoms with Crippen molar-refractivity contribution >= 4 is 12.0 Å². The highest BCUT2D eigenvalue weighted by molar-refractivity contribution is 5.87. The minimum absolute atomic E-state index is 0.278. The lowest BCUT2D eigenvalue weighted by Gasteiger charge is -2.35. The largest absolute Gasteiger partial charge is 0.497 e. The number of rotatable bonds is 6. The van der Waals surface area contributed by atoms with Gasteiger partial charge >= 0.3 is 5.97 Å². The van der Waals surface area contributed by atoms with E-state index >= 15 is 0 Å². The molecule has 3 aromatic rings. The van der Waals surface area contributed by atoms with Gasteiger partial charge in [0.05, 0.1) is 13.7 Å². The molecule has 0 amide bonds. The van der Waals surface area contributed by atoms with Crippen LogP contribution >= 0.6 is 0 Å². The molecule has 4 rings (SSSR count). The molecule has 2 atom stereocenters. The SMILES string of the molecule is CCOC(=O)C=Cc1ccc(C2c3ccc(OC)cc3CCC2c2ccccc2)cc1. The fourth-order valence-electron chi connectivity index (χ4n) is 4.56. The molecule has 3 heteroatoms. The second-order valence-electron chi connectivity index (χ2n) is 7.85. The van der Waals surface area contributed by atoms with Crippen LogP contribution < -0.4 is 4.74 Å². The van der Waals surface area contributed by atoms with Crippen LogP contribution in [0.4, 0.5) is 0 Å². The average Bonchev–Trinajstić information content (AvgIpc) is 2.83. The quantitative estimate of drug-likeness (QED) is 0.361. The van der Waals surface area contributed by atoms with Gasteiger partial charge in [0.15, 0.2) is 0 Å². The van der Waals surface area contributed by atoms with Gasteiger partial charge in [-0.1, -0.05) is 60.7 Å². The molecule has 0 radical (unpaired) electrons. The monoisotopic (exact) mass is 412 g/mol. The van der Waals surface area contributed by atoms with E-state index in [0.717, 1.165) is 24.2 Å². The summed E-state index contributed by atoms with van der Waals surface area (Å²) in [6.07, 6.45) is 5.42. The molecule has 0 spiro atoms. The lowest BCUT2D eigenvalue weighted by Crippen LogP contribution is -2.20. The Morgan fingerprint density at radius 1 is 1.00 bits per heavy atom. The Kier molecular flexibility index (Phi) is 6.51. The number of hydrogen-bond donors (Lipinski definition) is 0. The van der Waals surface area contributed by atoms with E-state index in [1.54, 1.807) is 20.1 Å². The van der Waals surface area contributed by atoms with Crippen molar-refractivity contribution in [2.75, 3.05) is 13.7 Å². The van der Waals surface area contributed by atoms with Crippen LogP contribution in [0.1, 0.15) is 53.0 Å². The van der Waals surface area contributed by atoms with Crippen LogP contribution in [0.15, 0.2) is 78.9 Å². The smallest absolute Gasteiger partial charge is 0.330 e. The van der Waals surface area contributed by atoms with E-state index in [2.05, 4.69) is 72.8 Å². The van der Waals surface area contributed by atoms with Gasteiger partial charge in [0.1, 0.15) is 5.75 Å². The first kappa shape index (κ1) is 20.9. The Hall–Kier alpha value is -3.33. The molecule has 0 N–H and O–H groups in total. The first-order valence-electron chi connectivity index (χ1n) is 10.9. The highest BCUT2D eigenvalue weighted by atomic mass is 16.5. The molecule has 0 bridgehead atoms. The summed E-state index contributed by atoms with van der Waals surface area (Å²) in [6.45, 7) is 2.19. The Labute approximate surface area is 184 Å². The topological polar surface area (TPSA) is 35.5 Å². The maximum atomic E-state index is 11.6. The molecular weight excluding hydrogens is 384 g/mol. The Morgan fingerprint density at radius 3 is 2.48 bits per heavy atom. The maximum Gasteiger partial charge on any atom is 0.330 e. The van der Waals surface area contributed by atoms with Gasteiger partial charge in [-0.2, -0.15) is 0 Å². The van der Waals surface area contributed by atoms with E-state index in [1.807, 2.05) is 0 Å². The molecule has 1 aliphatic rings. The third-order valence-electron chi connectivity index (χ3n) is 6.03. The Bertz CT molecular complexity index is 1050. The number of ether oxygens (including phenoxy) is 2. The first-order chi connectivity index (χ1) is 15.2. The van der Waals surface area contributed by atoms with Crippen molar-refractivity contribution in [2.24, 2.45) is 0 Å². The summed E-state index contributed by atoms with van der Waals surface area (Å²) in [5, 5.41) is 0. The Morgan fingerprint density at radius 2 is 1.77 bits per heavy atom. The first-order valence-corrected chi connectivity index (χ1v) is 10.9. The van der Waals surface area contributed by atoms with E-state index in [-0.39, 0.29) is 11.9 Å². The van der Waals surface area contributed by atoms with E-state index in [1.165, 1.54) is 28.3 Å². The number of carbonyl (C=O) groups excluding carboxylic acids is 1. The number of carbonyl (C=O) groups is 1. The van der Waals surface area contributed by atoms with E-state index in [0.29, 0.717) is 12.5 Å². The van der Waals surface area contributed by atoms with Crippen LogP contribution in [0.25, 0.3) is 6.08 Å². The van der Waals surface area contributed by atoms with Crippen molar-refractivity contribution in [3.05, 3.63) is 107 Å². The lowest BCUT2D eigenvalue weighted by atomic mass is 9.69. The fraction of sp³-hybridized carbons (Fsp3) is 0.250. The maximum absolute atomic E-state index is 11.6. The number of aryl methyl sites for hydroxylation is 1. The minimum Gasteiger partial charge on any atom is -0.497 e. The molecule has 0 saturated heterocycles. The standard InChI is InChI=1S/C28H28O3/c1-3-31-27(29)18-11-20-9-12-22(13-10-20)28-25(21-7-5-4-6-8-21)16-14-23-19-24(30-2)15-17-26(23)28/h4-13,15,17-19,25,28H,3,14,16H2,1-2H3. The second kappa shape index (κ2) is 9.65. The van der Waals surface area contributed by atoms with Gasteiger partial charge in [-0.25, -0.2) is 4.79 Å².